The van der Waals surface area contributed by atoms with Gasteiger partial charge < -0.3 is 15.8 Å². The van der Waals surface area contributed by atoms with Crippen LogP contribution in [0.25, 0.3) is 0 Å². The maximum absolute atomic E-state index is 11.5. The van der Waals surface area contributed by atoms with Crippen LogP contribution in [0.4, 0.5) is 0 Å². The average Bonchev–Trinajstić information content (AvgIpc) is 2.43. The van der Waals surface area contributed by atoms with Gasteiger partial charge in [-0.05, 0) is 39.2 Å². The number of rotatable bonds is 14. The maximum atomic E-state index is 11.5. The minimum absolute atomic E-state index is 0.273. The van der Waals surface area contributed by atoms with Crippen LogP contribution in [0.5, 0.6) is 0 Å². The molecule has 0 aliphatic heterocycles. The summed E-state index contributed by atoms with van der Waals surface area (Å²) in [6, 6.07) is 0. The van der Waals surface area contributed by atoms with Gasteiger partial charge in [-0.1, -0.05) is 39.5 Å². The zero-order chi connectivity index (χ0) is 15.3. The molecule has 0 spiro atoms. The molecule has 0 saturated carbocycles. The van der Waals surface area contributed by atoms with Crippen LogP contribution in [-0.4, -0.2) is 31.2 Å². The molecule has 0 fully saturated rings. The highest BCUT2D eigenvalue weighted by atomic mass is 16.5. The largest absolute Gasteiger partial charge is 0.381 e. The fourth-order valence-corrected chi connectivity index (χ4v) is 2.14. The Hall–Kier alpha value is -0.610. The third-order valence-corrected chi connectivity index (χ3v) is 3.67. The van der Waals surface area contributed by atoms with Crippen LogP contribution < -0.4 is 11.1 Å². The smallest absolute Gasteiger partial charge is 0.237 e. The molecular weight excluding hydrogens is 252 g/mol. The molecule has 0 aromatic rings. The van der Waals surface area contributed by atoms with Crippen molar-refractivity contribution in [1.82, 2.24) is 5.32 Å². The van der Waals surface area contributed by atoms with Gasteiger partial charge in [0.2, 0.25) is 5.91 Å². The molecule has 4 nitrogen and oxygen atoms in total. The zero-order valence-electron chi connectivity index (χ0n) is 13.7. The van der Waals surface area contributed by atoms with E-state index in [0.29, 0.717) is 6.61 Å². The van der Waals surface area contributed by atoms with Gasteiger partial charge in [-0.25, -0.2) is 0 Å². The van der Waals surface area contributed by atoms with Gasteiger partial charge in [0.25, 0.3) is 0 Å². The normalized spacial score (nSPS) is 14.2. The van der Waals surface area contributed by atoms with Crippen molar-refractivity contribution in [3.05, 3.63) is 0 Å². The summed E-state index contributed by atoms with van der Waals surface area (Å²) in [5.74, 6) is -0.273. The first kappa shape index (κ1) is 19.4. The van der Waals surface area contributed by atoms with Gasteiger partial charge in [-0.3, -0.25) is 4.79 Å². The van der Waals surface area contributed by atoms with E-state index in [4.69, 9.17) is 10.5 Å². The first-order valence-electron chi connectivity index (χ1n) is 8.19. The fourth-order valence-electron chi connectivity index (χ4n) is 2.14. The summed E-state index contributed by atoms with van der Waals surface area (Å²) in [5, 5.41) is 3.24. The van der Waals surface area contributed by atoms with Crippen LogP contribution in [0, 0.1) is 0 Å². The van der Waals surface area contributed by atoms with E-state index in [1.165, 1.54) is 25.7 Å². The van der Waals surface area contributed by atoms with Crippen molar-refractivity contribution in [1.29, 1.82) is 0 Å². The molecule has 0 heterocycles. The number of carbonyl (C=O) groups is 1. The van der Waals surface area contributed by atoms with E-state index in [0.717, 1.165) is 38.8 Å². The number of nitrogens with one attached hydrogen (secondary N) is 1. The highest BCUT2D eigenvalue weighted by Crippen LogP contribution is 2.12. The summed E-state index contributed by atoms with van der Waals surface area (Å²) in [7, 11) is 0. The summed E-state index contributed by atoms with van der Waals surface area (Å²) in [4.78, 5) is 11.5. The number of hydrogen-bond acceptors (Lipinski definition) is 3. The van der Waals surface area contributed by atoms with Crippen LogP contribution in [0.3, 0.4) is 0 Å². The molecule has 0 bridgehead atoms. The second-order valence-corrected chi connectivity index (χ2v) is 5.75. The number of hydrogen-bond donors (Lipinski definition) is 2. The van der Waals surface area contributed by atoms with Crippen molar-refractivity contribution in [2.45, 2.75) is 77.7 Å². The summed E-state index contributed by atoms with van der Waals surface area (Å²) in [5.41, 5.74) is 4.88. The molecule has 0 aliphatic carbocycles. The second kappa shape index (κ2) is 12.2. The Morgan fingerprint density at radius 2 is 1.70 bits per heavy atom. The molecule has 120 valence electrons. The molecule has 0 radical (unpaired) electrons. The molecule has 0 aliphatic rings. The number of amides is 1. The lowest BCUT2D eigenvalue weighted by Crippen LogP contribution is -2.53. The minimum atomic E-state index is -0.597. The van der Waals surface area contributed by atoms with Gasteiger partial charge in [-0.2, -0.15) is 0 Å². The van der Waals surface area contributed by atoms with Crippen molar-refractivity contribution in [2.75, 3.05) is 19.8 Å². The van der Waals surface area contributed by atoms with E-state index in [1.54, 1.807) is 0 Å². The Morgan fingerprint density at radius 3 is 2.30 bits per heavy atom. The van der Waals surface area contributed by atoms with E-state index in [-0.39, 0.29) is 5.91 Å². The Kier molecular flexibility index (Phi) is 11.8. The molecule has 0 aromatic heterocycles. The molecule has 0 saturated heterocycles. The summed E-state index contributed by atoms with van der Waals surface area (Å²) in [6.07, 6.45) is 8.89. The van der Waals surface area contributed by atoms with Crippen molar-refractivity contribution in [2.24, 2.45) is 5.73 Å². The topological polar surface area (TPSA) is 64.3 Å². The van der Waals surface area contributed by atoms with Gasteiger partial charge in [0, 0.05) is 13.2 Å². The van der Waals surface area contributed by atoms with Crippen molar-refractivity contribution in [3.8, 4) is 0 Å². The molecule has 0 rings (SSSR count). The Bertz CT molecular complexity index is 247. The van der Waals surface area contributed by atoms with Crippen molar-refractivity contribution >= 4 is 5.91 Å². The predicted molar refractivity (Wildman–Crippen MR) is 84.7 cm³/mol. The third kappa shape index (κ3) is 9.32. The van der Waals surface area contributed by atoms with Crippen LogP contribution >= 0.6 is 0 Å². The Balaban J connectivity index is 3.61. The van der Waals surface area contributed by atoms with E-state index in [1.807, 2.05) is 6.92 Å². The van der Waals surface area contributed by atoms with Crippen LogP contribution in [0.1, 0.15) is 72.1 Å². The lowest BCUT2D eigenvalue weighted by Gasteiger charge is -2.27. The van der Waals surface area contributed by atoms with Gasteiger partial charge in [-0.15, -0.1) is 0 Å². The summed E-state index contributed by atoms with van der Waals surface area (Å²) < 4.78 is 5.61. The molecule has 1 atom stereocenters. The number of primary amides is 1. The molecule has 0 aromatic carbocycles. The number of carbonyl (C=O) groups excluding carboxylic acids is 1. The number of nitrogens with two attached hydrogens (primary N) is 1. The van der Waals surface area contributed by atoms with E-state index < -0.39 is 5.54 Å². The van der Waals surface area contributed by atoms with Crippen LogP contribution in [0.2, 0.25) is 0 Å². The van der Waals surface area contributed by atoms with Gasteiger partial charge in [0.05, 0.1) is 5.54 Å². The predicted octanol–water partition coefficient (Wildman–Crippen LogP) is 3.00. The van der Waals surface area contributed by atoms with Crippen molar-refractivity contribution in [3.63, 3.8) is 0 Å². The van der Waals surface area contributed by atoms with Gasteiger partial charge in [0.15, 0.2) is 0 Å². The highest BCUT2D eigenvalue weighted by molar-refractivity contribution is 5.84. The molecule has 3 N–H and O–H groups in total. The van der Waals surface area contributed by atoms with Crippen LogP contribution in [0.15, 0.2) is 0 Å². The molecule has 4 heteroatoms. The fraction of sp³-hybridized carbons (Fsp3) is 0.938. The SMILES string of the molecule is CCCCCCCOCCCC(C)(NCCC)C(N)=O. The highest BCUT2D eigenvalue weighted by Gasteiger charge is 2.29. The molecule has 20 heavy (non-hydrogen) atoms. The van der Waals surface area contributed by atoms with Gasteiger partial charge in [0.1, 0.15) is 0 Å². The maximum Gasteiger partial charge on any atom is 0.237 e. The lowest BCUT2D eigenvalue weighted by atomic mass is 9.95. The Labute approximate surface area is 124 Å². The number of unbranched alkanes of at least 4 members (excludes halogenated alkanes) is 4. The first-order valence-corrected chi connectivity index (χ1v) is 8.19. The summed E-state index contributed by atoms with van der Waals surface area (Å²) in [6.45, 7) is 8.55. The molecule has 1 unspecified atom stereocenters. The van der Waals surface area contributed by atoms with E-state index in [2.05, 4.69) is 19.2 Å². The van der Waals surface area contributed by atoms with E-state index >= 15 is 0 Å². The quantitative estimate of drug-likeness (QED) is 0.482. The number of ether oxygens (including phenoxy) is 1. The zero-order valence-corrected chi connectivity index (χ0v) is 13.7. The Morgan fingerprint density at radius 1 is 1.05 bits per heavy atom. The monoisotopic (exact) mass is 286 g/mol. The van der Waals surface area contributed by atoms with Gasteiger partial charge >= 0.3 is 0 Å². The first-order chi connectivity index (χ1) is 9.56. The van der Waals surface area contributed by atoms with Crippen molar-refractivity contribution < 1.29 is 9.53 Å². The second-order valence-electron chi connectivity index (χ2n) is 5.75. The third-order valence-electron chi connectivity index (χ3n) is 3.67. The van der Waals surface area contributed by atoms with E-state index in [9.17, 15) is 4.79 Å². The lowest BCUT2D eigenvalue weighted by molar-refractivity contribution is -0.124. The standard InChI is InChI=1S/C16H34N2O2/c1-4-6-7-8-9-13-20-14-10-11-16(3,15(17)19)18-12-5-2/h18H,4-14H2,1-3H3,(H2,17,19). The average molecular weight is 286 g/mol. The molecule has 1 amide bonds. The van der Waals surface area contributed by atoms with Crippen LogP contribution in [-0.2, 0) is 9.53 Å². The minimum Gasteiger partial charge on any atom is -0.381 e. The summed E-state index contributed by atoms with van der Waals surface area (Å²) >= 11 is 0. The molecular formula is C16H34N2O2.